The lowest BCUT2D eigenvalue weighted by atomic mass is 10.1. The van der Waals surface area contributed by atoms with E-state index in [-0.39, 0.29) is 11.9 Å². The Morgan fingerprint density at radius 2 is 2.32 bits per heavy atom. The topological polar surface area (TPSA) is 75.6 Å². The first kappa shape index (κ1) is 16.1. The Balaban J connectivity index is 1.51. The molecule has 25 heavy (non-hydrogen) atoms. The van der Waals surface area contributed by atoms with E-state index in [2.05, 4.69) is 28.0 Å². The third-order valence-electron chi connectivity index (χ3n) is 5.00. The Kier molecular flexibility index (Phi) is 4.40. The van der Waals surface area contributed by atoms with Gasteiger partial charge in [0.2, 0.25) is 5.89 Å². The summed E-state index contributed by atoms with van der Waals surface area (Å²) in [7, 11) is 0. The summed E-state index contributed by atoms with van der Waals surface area (Å²) in [5, 5.41) is 4.16. The molecule has 1 saturated heterocycles. The van der Waals surface area contributed by atoms with Gasteiger partial charge in [-0.15, -0.1) is 0 Å². The van der Waals surface area contributed by atoms with Crippen molar-refractivity contribution in [1.82, 2.24) is 19.9 Å². The monoisotopic (exact) mass is 342 g/mol. The molecule has 2 aliphatic heterocycles. The van der Waals surface area contributed by atoms with Gasteiger partial charge in [-0.3, -0.25) is 9.69 Å². The van der Waals surface area contributed by atoms with Gasteiger partial charge in [0.05, 0.1) is 6.26 Å². The number of hydrogen-bond donors (Lipinski definition) is 0. The molecular formula is C18H22N4O3. The van der Waals surface area contributed by atoms with Gasteiger partial charge in [-0.2, -0.15) is 4.98 Å². The minimum atomic E-state index is -0.171. The molecule has 7 heteroatoms. The van der Waals surface area contributed by atoms with E-state index >= 15 is 0 Å². The van der Waals surface area contributed by atoms with E-state index in [1.54, 1.807) is 17.0 Å². The summed E-state index contributed by atoms with van der Waals surface area (Å²) < 4.78 is 10.8. The summed E-state index contributed by atoms with van der Waals surface area (Å²) in [5.41, 5.74) is 1.13. The fraction of sp³-hybridized carbons (Fsp3) is 0.500. The van der Waals surface area contributed by atoms with Crippen LogP contribution in [-0.4, -0.2) is 52.0 Å². The highest BCUT2D eigenvalue weighted by Gasteiger charge is 2.35. The second-order valence-electron chi connectivity index (χ2n) is 6.46. The van der Waals surface area contributed by atoms with Crippen LogP contribution in [0.2, 0.25) is 0 Å². The van der Waals surface area contributed by atoms with Crippen molar-refractivity contribution < 1.29 is 13.7 Å². The molecule has 132 valence electrons. The fourth-order valence-electron chi connectivity index (χ4n) is 3.51. The summed E-state index contributed by atoms with van der Waals surface area (Å²) >= 11 is 0. The Morgan fingerprint density at radius 1 is 1.40 bits per heavy atom. The number of likely N-dealkylation sites (tertiary alicyclic amines) is 1. The van der Waals surface area contributed by atoms with Gasteiger partial charge in [0, 0.05) is 19.6 Å². The van der Waals surface area contributed by atoms with Crippen LogP contribution in [0.15, 0.2) is 33.4 Å². The molecule has 4 heterocycles. The van der Waals surface area contributed by atoms with Crippen LogP contribution < -0.4 is 0 Å². The third-order valence-corrected chi connectivity index (χ3v) is 5.00. The van der Waals surface area contributed by atoms with Gasteiger partial charge in [-0.1, -0.05) is 18.2 Å². The van der Waals surface area contributed by atoms with Gasteiger partial charge < -0.3 is 13.8 Å². The van der Waals surface area contributed by atoms with E-state index in [0.29, 0.717) is 24.0 Å². The van der Waals surface area contributed by atoms with Gasteiger partial charge >= 0.3 is 0 Å². The lowest BCUT2D eigenvalue weighted by molar-refractivity contribution is 0.0678. The molecule has 0 aliphatic carbocycles. The highest BCUT2D eigenvalue weighted by molar-refractivity contribution is 5.91. The molecule has 0 radical (unpaired) electrons. The highest BCUT2D eigenvalue weighted by atomic mass is 16.5. The number of likely N-dealkylation sites (N-methyl/N-ethyl adjacent to an activating group) is 1. The van der Waals surface area contributed by atoms with E-state index in [1.165, 1.54) is 6.26 Å². The maximum Gasteiger partial charge on any atom is 0.290 e. The standard InChI is InChI=1S/C18H22N4O3/c1-2-21-10-7-13(8-11-21)16-19-17(25-20-16)14-5-3-9-22(14)18(23)15-6-4-12-24-15/h4,6-7,12,14H,2-3,5,8-11H2,1H3. The summed E-state index contributed by atoms with van der Waals surface area (Å²) in [6.45, 7) is 5.82. The summed E-state index contributed by atoms with van der Waals surface area (Å²) in [4.78, 5) is 21.3. The van der Waals surface area contributed by atoms with Crippen molar-refractivity contribution in [2.45, 2.75) is 32.2 Å². The maximum atomic E-state index is 12.6. The molecule has 1 amide bonds. The van der Waals surface area contributed by atoms with Crippen molar-refractivity contribution in [2.75, 3.05) is 26.2 Å². The zero-order valence-electron chi connectivity index (χ0n) is 14.4. The predicted octanol–water partition coefficient (Wildman–Crippen LogP) is 2.75. The fourth-order valence-corrected chi connectivity index (χ4v) is 3.51. The third kappa shape index (κ3) is 3.11. The Labute approximate surface area is 146 Å². The van der Waals surface area contributed by atoms with Gasteiger partial charge in [-0.25, -0.2) is 0 Å². The van der Waals surface area contributed by atoms with Gasteiger partial charge in [-0.05, 0) is 43.5 Å². The van der Waals surface area contributed by atoms with Crippen molar-refractivity contribution in [3.05, 3.63) is 41.9 Å². The molecule has 1 unspecified atom stereocenters. The Morgan fingerprint density at radius 3 is 3.04 bits per heavy atom. The minimum absolute atomic E-state index is 0.122. The zero-order valence-corrected chi connectivity index (χ0v) is 14.4. The van der Waals surface area contributed by atoms with Crippen molar-refractivity contribution in [2.24, 2.45) is 0 Å². The van der Waals surface area contributed by atoms with Crippen LogP contribution in [0.25, 0.3) is 5.57 Å². The van der Waals surface area contributed by atoms with Crippen LogP contribution in [0, 0.1) is 0 Å². The number of aromatic nitrogens is 2. The zero-order chi connectivity index (χ0) is 17.2. The average Bonchev–Trinajstić information content (AvgIpc) is 3.42. The molecule has 0 bridgehead atoms. The molecule has 4 rings (SSSR count). The largest absolute Gasteiger partial charge is 0.459 e. The first-order valence-corrected chi connectivity index (χ1v) is 8.86. The molecule has 2 aromatic heterocycles. The van der Waals surface area contributed by atoms with Crippen LogP contribution in [-0.2, 0) is 0 Å². The SMILES string of the molecule is CCN1CC=C(c2noc(C3CCCN3C(=O)c3ccco3)n2)CC1. The first-order valence-electron chi connectivity index (χ1n) is 8.86. The smallest absolute Gasteiger partial charge is 0.290 e. The van der Waals surface area contributed by atoms with E-state index in [1.807, 2.05) is 0 Å². The van der Waals surface area contributed by atoms with Crippen LogP contribution in [0.3, 0.4) is 0 Å². The summed E-state index contributed by atoms with van der Waals surface area (Å²) in [6, 6.07) is 3.23. The minimum Gasteiger partial charge on any atom is -0.459 e. The predicted molar refractivity (Wildman–Crippen MR) is 90.7 cm³/mol. The molecule has 0 saturated carbocycles. The number of rotatable bonds is 4. The summed E-state index contributed by atoms with van der Waals surface area (Å²) in [5.74, 6) is 1.40. The number of furan rings is 1. The lowest BCUT2D eigenvalue weighted by Gasteiger charge is -2.23. The van der Waals surface area contributed by atoms with Gasteiger partial charge in [0.15, 0.2) is 11.6 Å². The number of carbonyl (C=O) groups excluding carboxylic acids is 1. The molecule has 0 aromatic carbocycles. The molecule has 2 aliphatic rings. The van der Waals surface area contributed by atoms with E-state index in [4.69, 9.17) is 8.94 Å². The maximum absolute atomic E-state index is 12.6. The molecule has 1 atom stereocenters. The van der Waals surface area contributed by atoms with Crippen LogP contribution in [0.4, 0.5) is 0 Å². The number of amides is 1. The van der Waals surface area contributed by atoms with Gasteiger partial charge in [0.25, 0.3) is 5.91 Å². The number of nitrogens with zero attached hydrogens (tertiary/aromatic N) is 4. The van der Waals surface area contributed by atoms with E-state index in [9.17, 15) is 4.79 Å². The summed E-state index contributed by atoms with van der Waals surface area (Å²) in [6.07, 6.45) is 6.35. The van der Waals surface area contributed by atoms with Crippen LogP contribution in [0.5, 0.6) is 0 Å². The Bertz CT molecular complexity index is 765. The molecule has 0 N–H and O–H groups in total. The van der Waals surface area contributed by atoms with Crippen LogP contribution in [0.1, 0.15) is 54.5 Å². The average molecular weight is 342 g/mol. The molecule has 0 spiro atoms. The molecule has 7 nitrogen and oxygen atoms in total. The normalized spacial score (nSPS) is 21.6. The quantitative estimate of drug-likeness (QED) is 0.850. The van der Waals surface area contributed by atoms with E-state index in [0.717, 1.165) is 44.5 Å². The molecule has 1 fully saturated rings. The number of hydrogen-bond acceptors (Lipinski definition) is 6. The number of carbonyl (C=O) groups is 1. The second-order valence-corrected chi connectivity index (χ2v) is 6.46. The lowest BCUT2D eigenvalue weighted by Crippen LogP contribution is -2.30. The molecule has 2 aromatic rings. The highest BCUT2D eigenvalue weighted by Crippen LogP contribution is 2.33. The van der Waals surface area contributed by atoms with Crippen molar-refractivity contribution in [3.8, 4) is 0 Å². The Hall–Kier alpha value is -2.41. The second kappa shape index (κ2) is 6.84. The first-order chi connectivity index (χ1) is 12.3. The van der Waals surface area contributed by atoms with Crippen molar-refractivity contribution in [1.29, 1.82) is 0 Å². The van der Waals surface area contributed by atoms with Crippen LogP contribution >= 0.6 is 0 Å². The molecular weight excluding hydrogens is 320 g/mol. The van der Waals surface area contributed by atoms with Gasteiger partial charge in [0.1, 0.15) is 6.04 Å². The van der Waals surface area contributed by atoms with Crippen molar-refractivity contribution in [3.63, 3.8) is 0 Å². The van der Waals surface area contributed by atoms with Crippen molar-refractivity contribution >= 4 is 11.5 Å². The van der Waals surface area contributed by atoms with E-state index < -0.39 is 0 Å².